The predicted molar refractivity (Wildman–Crippen MR) is 44.7 cm³/mol. The molecule has 0 aromatic carbocycles. The van der Waals surface area contributed by atoms with Gasteiger partial charge in [-0.3, -0.25) is 0 Å². The first-order chi connectivity index (χ1) is 5.72. The molecule has 0 aliphatic carbocycles. The molecule has 0 fully saturated rings. The lowest BCUT2D eigenvalue weighted by Crippen LogP contribution is -2.26. The zero-order valence-corrected chi connectivity index (χ0v) is 7.19. The van der Waals surface area contributed by atoms with Gasteiger partial charge in [0.25, 0.3) is 0 Å². The Morgan fingerprint density at radius 1 is 0.750 bits per heavy atom. The van der Waals surface area contributed by atoms with Crippen LogP contribution in [0.2, 0.25) is 0 Å². The predicted octanol–water partition coefficient (Wildman–Crippen LogP) is -0.747. The third kappa shape index (κ3) is 5.49. The van der Waals surface area contributed by atoms with Crippen LogP contribution in [0.4, 0.5) is 0 Å². The average molecular weight is 178 g/mol. The van der Waals surface area contributed by atoms with E-state index in [1.807, 2.05) is 0 Å². The second-order valence-electron chi connectivity index (χ2n) is 2.87. The zero-order valence-electron chi connectivity index (χ0n) is 7.19. The van der Waals surface area contributed by atoms with Crippen LogP contribution in [0.3, 0.4) is 0 Å². The van der Waals surface area contributed by atoms with Crippen molar-refractivity contribution in [3.63, 3.8) is 0 Å². The van der Waals surface area contributed by atoms with Gasteiger partial charge in [-0.15, -0.1) is 0 Å². The van der Waals surface area contributed by atoms with Gasteiger partial charge >= 0.3 is 0 Å². The summed E-state index contributed by atoms with van der Waals surface area (Å²) in [6, 6.07) is 0. The van der Waals surface area contributed by atoms with Crippen molar-refractivity contribution in [1.29, 1.82) is 0 Å². The summed E-state index contributed by atoms with van der Waals surface area (Å²) in [5, 5.41) is 35.3. The van der Waals surface area contributed by atoms with E-state index < -0.39 is 12.2 Å². The fourth-order valence-electron chi connectivity index (χ4n) is 0.986. The molecule has 4 heteroatoms. The maximum absolute atomic E-state index is 9.23. The molecule has 74 valence electrons. The number of hydrogen-bond donors (Lipinski definition) is 4. The topological polar surface area (TPSA) is 80.9 Å². The van der Waals surface area contributed by atoms with E-state index in [1.54, 1.807) is 0 Å². The van der Waals surface area contributed by atoms with E-state index in [4.69, 9.17) is 10.2 Å². The van der Waals surface area contributed by atoms with Gasteiger partial charge in [-0.1, -0.05) is 0 Å². The fraction of sp³-hybridized carbons (Fsp3) is 1.00. The Hall–Kier alpha value is -0.160. The molecular formula is C8H18O4. The molecule has 0 unspecified atom stereocenters. The minimum atomic E-state index is -0.774. The first-order valence-corrected chi connectivity index (χ1v) is 4.30. The zero-order chi connectivity index (χ0) is 9.40. The molecule has 0 bridgehead atoms. The van der Waals surface area contributed by atoms with Crippen LogP contribution in [0.1, 0.15) is 25.7 Å². The van der Waals surface area contributed by atoms with E-state index in [1.165, 1.54) is 0 Å². The summed E-state index contributed by atoms with van der Waals surface area (Å²) in [4.78, 5) is 0. The Morgan fingerprint density at radius 2 is 1.08 bits per heavy atom. The van der Waals surface area contributed by atoms with Crippen LogP contribution in [-0.4, -0.2) is 45.8 Å². The van der Waals surface area contributed by atoms with Crippen molar-refractivity contribution in [2.24, 2.45) is 0 Å². The van der Waals surface area contributed by atoms with Gasteiger partial charge in [-0.25, -0.2) is 0 Å². The number of aliphatic hydroxyl groups excluding tert-OH is 4. The van der Waals surface area contributed by atoms with Gasteiger partial charge in [-0.2, -0.15) is 0 Å². The highest BCUT2D eigenvalue weighted by molar-refractivity contribution is 4.66. The van der Waals surface area contributed by atoms with Crippen molar-refractivity contribution in [3.8, 4) is 0 Å². The molecule has 4 N–H and O–H groups in total. The molecule has 0 aromatic heterocycles. The van der Waals surface area contributed by atoms with Crippen molar-refractivity contribution >= 4 is 0 Å². The second kappa shape index (κ2) is 7.49. The van der Waals surface area contributed by atoms with E-state index in [9.17, 15) is 10.2 Å². The van der Waals surface area contributed by atoms with Crippen LogP contribution in [0, 0.1) is 0 Å². The summed E-state index contributed by atoms with van der Waals surface area (Å²) in [7, 11) is 0. The van der Waals surface area contributed by atoms with Gasteiger partial charge < -0.3 is 20.4 Å². The smallest absolute Gasteiger partial charge is 0.0800 e. The third-order valence-corrected chi connectivity index (χ3v) is 1.76. The highest BCUT2D eigenvalue weighted by Gasteiger charge is 2.14. The molecule has 4 nitrogen and oxygen atoms in total. The molecule has 0 amide bonds. The Kier molecular flexibility index (Phi) is 7.39. The molecule has 0 aliphatic rings. The highest BCUT2D eigenvalue weighted by atomic mass is 16.3. The Labute approximate surface area is 72.5 Å². The molecule has 0 aromatic rings. The lowest BCUT2D eigenvalue weighted by molar-refractivity contribution is 0.00339. The second-order valence-corrected chi connectivity index (χ2v) is 2.87. The van der Waals surface area contributed by atoms with Crippen LogP contribution < -0.4 is 0 Å². The summed E-state index contributed by atoms with van der Waals surface area (Å²) >= 11 is 0. The Bertz CT molecular complexity index is 85.1. The minimum Gasteiger partial charge on any atom is -0.396 e. The van der Waals surface area contributed by atoms with E-state index in [2.05, 4.69) is 0 Å². The highest BCUT2D eigenvalue weighted by Crippen LogP contribution is 2.07. The monoisotopic (exact) mass is 178 g/mol. The van der Waals surface area contributed by atoms with E-state index in [-0.39, 0.29) is 13.2 Å². The summed E-state index contributed by atoms with van der Waals surface area (Å²) < 4.78 is 0. The first-order valence-electron chi connectivity index (χ1n) is 4.30. The Morgan fingerprint density at radius 3 is 1.33 bits per heavy atom. The van der Waals surface area contributed by atoms with Crippen LogP contribution in [-0.2, 0) is 0 Å². The number of rotatable bonds is 7. The van der Waals surface area contributed by atoms with Crippen molar-refractivity contribution < 1.29 is 20.4 Å². The largest absolute Gasteiger partial charge is 0.396 e. The van der Waals surface area contributed by atoms with E-state index in [0.717, 1.165) is 0 Å². The van der Waals surface area contributed by atoms with Crippen LogP contribution in [0.5, 0.6) is 0 Å². The molecule has 0 radical (unpaired) electrons. The van der Waals surface area contributed by atoms with E-state index >= 15 is 0 Å². The summed E-state index contributed by atoms with van der Waals surface area (Å²) in [6.45, 7) is 0.0631. The van der Waals surface area contributed by atoms with Crippen LogP contribution in [0.25, 0.3) is 0 Å². The molecule has 0 saturated carbocycles. The number of hydrogen-bond acceptors (Lipinski definition) is 4. The van der Waals surface area contributed by atoms with Crippen molar-refractivity contribution in [3.05, 3.63) is 0 Å². The van der Waals surface area contributed by atoms with E-state index in [0.29, 0.717) is 25.7 Å². The first kappa shape index (κ1) is 11.8. The summed E-state index contributed by atoms with van der Waals surface area (Å²) in [6.07, 6.45) is 0.258. The normalized spacial score (nSPS) is 16.0. The summed E-state index contributed by atoms with van der Waals surface area (Å²) in [5.74, 6) is 0. The molecule has 0 saturated heterocycles. The summed E-state index contributed by atoms with van der Waals surface area (Å²) in [5.41, 5.74) is 0. The molecule has 0 spiro atoms. The third-order valence-electron chi connectivity index (χ3n) is 1.76. The average Bonchev–Trinajstić information content (AvgIpc) is 2.10. The molecule has 12 heavy (non-hydrogen) atoms. The lowest BCUT2D eigenvalue weighted by atomic mass is 10.0. The SMILES string of the molecule is OCCC[C@@H](O)[C@@H](O)CCCO. The van der Waals surface area contributed by atoms with Crippen molar-refractivity contribution in [1.82, 2.24) is 0 Å². The number of aliphatic hydroxyl groups is 4. The lowest BCUT2D eigenvalue weighted by Gasteiger charge is -2.16. The van der Waals surface area contributed by atoms with Gasteiger partial charge in [0.2, 0.25) is 0 Å². The molecule has 0 aliphatic heterocycles. The van der Waals surface area contributed by atoms with Gasteiger partial charge in [-0.05, 0) is 25.7 Å². The fourth-order valence-corrected chi connectivity index (χ4v) is 0.986. The van der Waals surface area contributed by atoms with Gasteiger partial charge in [0.05, 0.1) is 12.2 Å². The maximum atomic E-state index is 9.23. The molecule has 2 atom stereocenters. The van der Waals surface area contributed by atoms with Gasteiger partial charge in [0, 0.05) is 13.2 Å². The van der Waals surface area contributed by atoms with Gasteiger partial charge in [0.1, 0.15) is 0 Å². The Balaban J connectivity index is 3.39. The van der Waals surface area contributed by atoms with Crippen LogP contribution in [0.15, 0.2) is 0 Å². The van der Waals surface area contributed by atoms with Crippen molar-refractivity contribution in [2.75, 3.05) is 13.2 Å². The van der Waals surface area contributed by atoms with Crippen LogP contribution >= 0.6 is 0 Å². The maximum Gasteiger partial charge on any atom is 0.0800 e. The van der Waals surface area contributed by atoms with Gasteiger partial charge in [0.15, 0.2) is 0 Å². The molecular weight excluding hydrogens is 160 g/mol. The van der Waals surface area contributed by atoms with Crippen molar-refractivity contribution in [2.45, 2.75) is 37.9 Å². The quantitative estimate of drug-likeness (QED) is 0.413. The minimum absolute atomic E-state index is 0.0315. The molecule has 0 rings (SSSR count). The molecule has 0 heterocycles. The standard InChI is InChI=1S/C8H18O4/c9-5-1-3-7(11)8(12)4-2-6-10/h7-12H,1-6H2/t7-,8+.